The Labute approximate surface area is 178 Å². The standard InChI is InChI=1S/C22H22N3O4S/c23-21(27)19-13-15(14-26)9-10-25(19)11-12-28-16-5-7-17(8-6-16)29-22-24-18-3-1-2-4-20(18)30-22/h1-8,15,19H,9-13H2,(H2,23,27). The molecule has 1 aliphatic rings. The number of piperidine rings is 1. The molecule has 2 unspecified atom stereocenters. The van der Waals surface area contributed by atoms with E-state index in [9.17, 15) is 9.59 Å². The summed E-state index contributed by atoms with van der Waals surface area (Å²) in [5.74, 6) is 0.759. The molecule has 155 valence electrons. The number of rotatable bonds is 8. The first-order chi connectivity index (χ1) is 14.6. The van der Waals surface area contributed by atoms with E-state index >= 15 is 0 Å². The molecule has 1 saturated heterocycles. The highest BCUT2D eigenvalue weighted by atomic mass is 32.1. The average molecular weight is 425 g/mol. The summed E-state index contributed by atoms with van der Waals surface area (Å²) in [4.78, 5) is 29.0. The van der Waals surface area contributed by atoms with Crippen molar-refractivity contribution in [1.82, 2.24) is 9.88 Å². The zero-order chi connectivity index (χ0) is 20.9. The van der Waals surface area contributed by atoms with Gasteiger partial charge in [0.15, 0.2) is 0 Å². The molecule has 1 radical (unpaired) electrons. The lowest BCUT2D eigenvalue weighted by Gasteiger charge is -2.35. The van der Waals surface area contributed by atoms with Gasteiger partial charge < -0.3 is 15.2 Å². The van der Waals surface area contributed by atoms with Crippen LogP contribution in [0.25, 0.3) is 10.2 Å². The Morgan fingerprint density at radius 2 is 1.97 bits per heavy atom. The Morgan fingerprint density at radius 1 is 1.20 bits per heavy atom. The fourth-order valence-electron chi connectivity index (χ4n) is 3.56. The Morgan fingerprint density at radius 3 is 2.70 bits per heavy atom. The number of carbonyl (C=O) groups is 1. The number of para-hydroxylation sites is 1. The van der Waals surface area contributed by atoms with Crippen LogP contribution in [0, 0.1) is 5.92 Å². The van der Waals surface area contributed by atoms with Crippen molar-refractivity contribution in [3.63, 3.8) is 0 Å². The SMILES string of the molecule is NC(=O)C1CC([C]=O)CCN1CCOc1ccc(Oc2nc3ccccc3s2)cc1. The van der Waals surface area contributed by atoms with E-state index in [1.165, 1.54) is 11.3 Å². The molecule has 1 aliphatic heterocycles. The van der Waals surface area contributed by atoms with Crippen LogP contribution >= 0.6 is 11.3 Å². The third-order valence-electron chi connectivity index (χ3n) is 5.16. The second-order valence-corrected chi connectivity index (χ2v) is 8.16. The molecule has 8 heteroatoms. The van der Waals surface area contributed by atoms with Gasteiger partial charge in [-0.3, -0.25) is 14.5 Å². The first kappa shape index (κ1) is 20.3. The van der Waals surface area contributed by atoms with Crippen molar-refractivity contribution in [2.45, 2.75) is 18.9 Å². The maximum Gasteiger partial charge on any atom is 0.279 e. The molecule has 0 spiro atoms. The lowest BCUT2D eigenvalue weighted by atomic mass is 9.91. The molecule has 1 fully saturated rings. The molecule has 30 heavy (non-hydrogen) atoms. The molecule has 1 aromatic heterocycles. The Bertz CT molecular complexity index is 988. The lowest BCUT2D eigenvalue weighted by Crippen LogP contribution is -2.51. The number of nitrogens with two attached hydrogens (primary N) is 1. The van der Waals surface area contributed by atoms with Crippen molar-refractivity contribution in [3.8, 4) is 16.7 Å². The van der Waals surface area contributed by atoms with Gasteiger partial charge in [0.1, 0.15) is 18.1 Å². The molecule has 0 bridgehead atoms. The molecule has 4 rings (SSSR count). The molecule has 2 N–H and O–H groups in total. The monoisotopic (exact) mass is 424 g/mol. The van der Waals surface area contributed by atoms with E-state index in [0.717, 1.165) is 10.2 Å². The second-order valence-electron chi connectivity index (χ2n) is 7.16. The Balaban J connectivity index is 1.29. The number of amides is 1. The molecule has 0 saturated carbocycles. The summed E-state index contributed by atoms with van der Waals surface area (Å²) >= 11 is 1.50. The minimum atomic E-state index is -0.446. The summed E-state index contributed by atoms with van der Waals surface area (Å²) in [7, 11) is 0. The smallest absolute Gasteiger partial charge is 0.279 e. The third-order valence-corrected chi connectivity index (χ3v) is 6.07. The zero-order valence-corrected chi connectivity index (χ0v) is 17.1. The van der Waals surface area contributed by atoms with E-state index < -0.39 is 11.9 Å². The van der Waals surface area contributed by atoms with Gasteiger partial charge in [-0.15, -0.1) is 0 Å². The summed E-state index contributed by atoms with van der Waals surface area (Å²) in [6, 6.07) is 14.8. The predicted molar refractivity (Wildman–Crippen MR) is 115 cm³/mol. The fraction of sp³-hybridized carbons (Fsp3) is 0.318. The van der Waals surface area contributed by atoms with Gasteiger partial charge >= 0.3 is 0 Å². The van der Waals surface area contributed by atoms with E-state index in [2.05, 4.69) is 4.98 Å². The number of fused-ring (bicyclic) bond motifs is 1. The van der Waals surface area contributed by atoms with Crippen LogP contribution in [0.15, 0.2) is 48.5 Å². The fourth-order valence-corrected chi connectivity index (χ4v) is 4.40. The number of hydrogen-bond donors (Lipinski definition) is 1. The van der Waals surface area contributed by atoms with Crippen molar-refractivity contribution in [1.29, 1.82) is 0 Å². The second kappa shape index (κ2) is 9.23. The molecular formula is C22H22N3O4S. The van der Waals surface area contributed by atoms with Crippen LogP contribution in [0.5, 0.6) is 16.7 Å². The highest BCUT2D eigenvalue weighted by molar-refractivity contribution is 7.20. The van der Waals surface area contributed by atoms with Gasteiger partial charge in [-0.1, -0.05) is 23.5 Å². The summed E-state index contributed by atoms with van der Waals surface area (Å²) in [6.45, 7) is 1.60. The number of nitrogens with zero attached hydrogens (tertiary/aromatic N) is 2. The van der Waals surface area contributed by atoms with Crippen LogP contribution in [-0.4, -0.2) is 47.8 Å². The van der Waals surface area contributed by atoms with Gasteiger partial charge in [0, 0.05) is 12.5 Å². The summed E-state index contributed by atoms with van der Waals surface area (Å²) < 4.78 is 12.7. The molecular weight excluding hydrogens is 402 g/mol. The molecule has 2 heterocycles. The number of aromatic nitrogens is 1. The van der Waals surface area contributed by atoms with Crippen molar-refractivity contribution >= 4 is 33.7 Å². The summed E-state index contributed by atoms with van der Waals surface area (Å²) in [5, 5.41) is 0.596. The largest absolute Gasteiger partial charge is 0.492 e. The molecule has 0 aliphatic carbocycles. The number of thiazole rings is 1. The van der Waals surface area contributed by atoms with E-state index in [-0.39, 0.29) is 5.92 Å². The highest BCUT2D eigenvalue weighted by Gasteiger charge is 2.32. The number of carbonyl (C=O) groups excluding carboxylic acids is 2. The maximum atomic E-state index is 11.7. The van der Waals surface area contributed by atoms with E-state index in [4.69, 9.17) is 15.2 Å². The quantitative estimate of drug-likeness (QED) is 0.597. The normalized spacial score (nSPS) is 19.5. The van der Waals surface area contributed by atoms with Crippen molar-refractivity contribution < 1.29 is 19.1 Å². The van der Waals surface area contributed by atoms with Crippen LogP contribution in [0.3, 0.4) is 0 Å². The van der Waals surface area contributed by atoms with Crippen molar-refractivity contribution in [2.75, 3.05) is 19.7 Å². The van der Waals surface area contributed by atoms with Crippen LogP contribution in [0.4, 0.5) is 0 Å². The number of ether oxygens (including phenoxy) is 2. The third kappa shape index (κ3) is 4.77. The van der Waals surface area contributed by atoms with Crippen LogP contribution < -0.4 is 15.2 Å². The molecule has 2 aromatic carbocycles. The average Bonchev–Trinajstić information content (AvgIpc) is 3.17. The van der Waals surface area contributed by atoms with E-state index in [1.807, 2.05) is 59.7 Å². The van der Waals surface area contributed by atoms with Gasteiger partial charge in [0.2, 0.25) is 12.2 Å². The zero-order valence-electron chi connectivity index (χ0n) is 16.3. The van der Waals surface area contributed by atoms with Crippen LogP contribution in [-0.2, 0) is 9.59 Å². The van der Waals surface area contributed by atoms with E-state index in [0.29, 0.717) is 49.2 Å². The first-order valence-corrected chi connectivity index (χ1v) is 10.6. The minimum Gasteiger partial charge on any atom is -0.492 e. The van der Waals surface area contributed by atoms with Crippen molar-refractivity contribution in [3.05, 3.63) is 48.5 Å². The van der Waals surface area contributed by atoms with Crippen molar-refractivity contribution in [2.24, 2.45) is 11.7 Å². The topological polar surface area (TPSA) is 94.8 Å². The van der Waals surface area contributed by atoms with Crippen LogP contribution in [0.1, 0.15) is 12.8 Å². The molecule has 2 atom stereocenters. The summed E-state index contributed by atoms with van der Waals surface area (Å²) in [5.41, 5.74) is 6.41. The van der Waals surface area contributed by atoms with Gasteiger partial charge in [0.05, 0.1) is 16.3 Å². The number of hydrogen-bond acceptors (Lipinski definition) is 7. The first-order valence-electron chi connectivity index (χ1n) is 9.79. The van der Waals surface area contributed by atoms with E-state index in [1.54, 1.807) is 0 Å². The van der Waals surface area contributed by atoms with Crippen LogP contribution in [0.2, 0.25) is 0 Å². The van der Waals surface area contributed by atoms with Gasteiger partial charge in [-0.25, -0.2) is 4.98 Å². The van der Waals surface area contributed by atoms with Gasteiger partial charge in [0.25, 0.3) is 5.19 Å². The highest BCUT2D eigenvalue weighted by Crippen LogP contribution is 2.31. The molecule has 3 aromatic rings. The maximum absolute atomic E-state index is 11.7. The Hall–Kier alpha value is -2.97. The predicted octanol–water partition coefficient (Wildman–Crippen LogP) is 3.14. The molecule has 7 nitrogen and oxygen atoms in total. The van der Waals surface area contributed by atoms with Gasteiger partial charge in [-0.05, 0) is 55.8 Å². The number of likely N-dealkylation sites (tertiary alicyclic amines) is 1. The minimum absolute atomic E-state index is 0.220. The lowest BCUT2D eigenvalue weighted by molar-refractivity contribution is -0.124. The Kier molecular flexibility index (Phi) is 6.25. The van der Waals surface area contributed by atoms with Gasteiger partial charge in [-0.2, -0.15) is 0 Å². The number of primary amides is 1. The molecule has 1 amide bonds. The number of benzene rings is 2. The summed E-state index contributed by atoms with van der Waals surface area (Å²) in [6.07, 6.45) is 3.10.